The molecule has 7 heteroatoms. The van der Waals surface area contributed by atoms with E-state index in [1.807, 2.05) is 13.0 Å². The third-order valence-corrected chi connectivity index (χ3v) is 3.68. The molecule has 0 spiro atoms. The lowest BCUT2D eigenvalue weighted by Gasteiger charge is -2.08. The predicted molar refractivity (Wildman–Crippen MR) is 86.7 cm³/mol. The maximum atomic E-state index is 13.7. The Hall–Kier alpha value is -2.73. The Kier molecular flexibility index (Phi) is 4.31. The molecule has 0 fully saturated rings. The number of nitrogens with zero attached hydrogens (tertiary/aromatic N) is 2. The van der Waals surface area contributed by atoms with E-state index in [9.17, 15) is 14.0 Å². The SMILES string of the molecule is Cc1cccn2c(=O)cc(COC(=O)c3ccc(Cl)cc3F)nc12. The molecule has 0 N–H and O–H groups in total. The molecule has 0 atom stereocenters. The van der Waals surface area contributed by atoms with Gasteiger partial charge in [-0.2, -0.15) is 0 Å². The van der Waals surface area contributed by atoms with Gasteiger partial charge in [0.05, 0.1) is 11.3 Å². The van der Waals surface area contributed by atoms with Gasteiger partial charge in [0.1, 0.15) is 18.1 Å². The number of benzene rings is 1. The Labute approximate surface area is 141 Å². The lowest BCUT2D eigenvalue weighted by Crippen LogP contribution is -2.17. The normalized spacial score (nSPS) is 10.8. The van der Waals surface area contributed by atoms with Gasteiger partial charge >= 0.3 is 5.97 Å². The number of carbonyl (C=O) groups excluding carboxylic acids is 1. The van der Waals surface area contributed by atoms with Gasteiger partial charge in [-0.25, -0.2) is 14.2 Å². The fourth-order valence-corrected chi connectivity index (χ4v) is 2.41. The molecule has 0 aliphatic carbocycles. The molecule has 0 saturated heterocycles. The lowest BCUT2D eigenvalue weighted by atomic mass is 10.2. The second-order valence-electron chi connectivity index (χ2n) is 5.17. The van der Waals surface area contributed by atoms with E-state index < -0.39 is 11.8 Å². The summed E-state index contributed by atoms with van der Waals surface area (Å²) >= 11 is 5.64. The first-order valence-corrected chi connectivity index (χ1v) is 7.43. The topological polar surface area (TPSA) is 60.7 Å². The summed E-state index contributed by atoms with van der Waals surface area (Å²) in [4.78, 5) is 28.3. The molecule has 3 aromatic rings. The number of aromatic nitrogens is 2. The van der Waals surface area contributed by atoms with Crippen LogP contribution < -0.4 is 5.56 Å². The molecule has 0 amide bonds. The third kappa shape index (κ3) is 3.14. The van der Waals surface area contributed by atoms with E-state index in [1.54, 1.807) is 12.3 Å². The van der Waals surface area contributed by atoms with Gasteiger partial charge in [-0.1, -0.05) is 17.7 Å². The number of hydrogen-bond donors (Lipinski definition) is 0. The van der Waals surface area contributed by atoms with E-state index in [2.05, 4.69) is 4.98 Å². The fourth-order valence-electron chi connectivity index (χ4n) is 2.26. The number of aryl methyl sites for hydroxylation is 1. The monoisotopic (exact) mass is 346 g/mol. The van der Waals surface area contributed by atoms with Crippen molar-refractivity contribution >= 4 is 23.2 Å². The van der Waals surface area contributed by atoms with Crippen molar-refractivity contribution < 1.29 is 13.9 Å². The van der Waals surface area contributed by atoms with Gasteiger partial charge in [-0.3, -0.25) is 9.20 Å². The zero-order chi connectivity index (χ0) is 17.3. The number of pyridine rings is 1. The van der Waals surface area contributed by atoms with Crippen molar-refractivity contribution in [3.63, 3.8) is 0 Å². The van der Waals surface area contributed by atoms with E-state index in [4.69, 9.17) is 16.3 Å². The summed E-state index contributed by atoms with van der Waals surface area (Å²) in [7, 11) is 0. The summed E-state index contributed by atoms with van der Waals surface area (Å²) in [5, 5.41) is 0.184. The van der Waals surface area contributed by atoms with Crippen LogP contribution in [-0.4, -0.2) is 15.4 Å². The largest absolute Gasteiger partial charge is 0.455 e. The highest BCUT2D eigenvalue weighted by Crippen LogP contribution is 2.16. The average Bonchev–Trinajstić information content (AvgIpc) is 2.53. The highest BCUT2D eigenvalue weighted by molar-refractivity contribution is 6.30. The molecule has 122 valence electrons. The van der Waals surface area contributed by atoms with Gasteiger partial charge in [0, 0.05) is 17.3 Å². The zero-order valence-electron chi connectivity index (χ0n) is 12.6. The first kappa shape index (κ1) is 16.1. The average molecular weight is 347 g/mol. The Morgan fingerprint density at radius 3 is 2.88 bits per heavy atom. The van der Waals surface area contributed by atoms with Crippen molar-refractivity contribution in [3.05, 3.63) is 80.6 Å². The van der Waals surface area contributed by atoms with E-state index in [1.165, 1.54) is 22.6 Å². The smallest absolute Gasteiger partial charge is 0.341 e. The molecule has 2 heterocycles. The van der Waals surface area contributed by atoms with Crippen molar-refractivity contribution in [2.75, 3.05) is 0 Å². The number of esters is 1. The number of carbonyl (C=O) groups is 1. The van der Waals surface area contributed by atoms with Crippen LogP contribution in [0.5, 0.6) is 0 Å². The van der Waals surface area contributed by atoms with Crippen molar-refractivity contribution in [2.45, 2.75) is 13.5 Å². The minimum Gasteiger partial charge on any atom is -0.455 e. The van der Waals surface area contributed by atoms with Crippen LogP contribution in [0.15, 0.2) is 47.4 Å². The van der Waals surface area contributed by atoms with Gasteiger partial charge in [0.25, 0.3) is 5.56 Å². The minimum absolute atomic E-state index is 0.184. The molecular formula is C17H12ClFN2O3. The highest BCUT2D eigenvalue weighted by atomic mass is 35.5. The molecule has 1 aromatic carbocycles. The van der Waals surface area contributed by atoms with Crippen molar-refractivity contribution in [1.82, 2.24) is 9.38 Å². The summed E-state index contributed by atoms with van der Waals surface area (Å²) in [6, 6.07) is 8.51. The van der Waals surface area contributed by atoms with E-state index in [0.717, 1.165) is 11.6 Å². The molecule has 24 heavy (non-hydrogen) atoms. The van der Waals surface area contributed by atoms with Crippen LogP contribution in [0, 0.1) is 12.7 Å². The summed E-state index contributed by atoms with van der Waals surface area (Å²) in [6.45, 7) is 1.58. The highest BCUT2D eigenvalue weighted by Gasteiger charge is 2.14. The molecule has 0 unspecified atom stereocenters. The first-order chi connectivity index (χ1) is 11.5. The predicted octanol–water partition coefficient (Wildman–Crippen LogP) is 3.15. The second-order valence-corrected chi connectivity index (χ2v) is 5.61. The Morgan fingerprint density at radius 1 is 1.33 bits per heavy atom. The standard InChI is InChI=1S/C17H12ClFN2O3/c1-10-3-2-6-21-15(22)8-12(20-16(10)21)9-24-17(23)13-5-4-11(18)7-14(13)19/h2-8H,9H2,1H3. The third-order valence-electron chi connectivity index (χ3n) is 3.44. The van der Waals surface area contributed by atoms with E-state index >= 15 is 0 Å². The van der Waals surface area contributed by atoms with Gasteiger partial charge in [-0.15, -0.1) is 0 Å². The molecule has 2 aromatic heterocycles. The summed E-state index contributed by atoms with van der Waals surface area (Å²) in [5.74, 6) is -1.62. The Balaban J connectivity index is 1.84. The van der Waals surface area contributed by atoms with Crippen LogP contribution in [0.3, 0.4) is 0 Å². The number of rotatable bonds is 3. The van der Waals surface area contributed by atoms with Crippen molar-refractivity contribution in [2.24, 2.45) is 0 Å². The van der Waals surface area contributed by atoms with Gasteiger partial charge in [0.2, 0.25) is 0 Å². The maximum absolute atomic E-state index is 13.7. The number of fused-ring (bicyclic) bond motifs is 1. The molecule has 0 radical (unpaired) electrons. The van der Waals surface area contributed by atoms with Crippen LogP contribution in [0.1, 0.15) is 21.6 Å². The summed E-state index contributed by atoms with van der Waals surface area (Å²) in [6.07, 6.45) is 1.61. The van der Waals surface area contributed by atoms with Crippen LogP contribution in [0.25, 0.3) is 5.65 Å². The first-order valence-electron chi connectivity index (χ1n) is 7.06. The molecular weight excluding hydrogens is 335 g/mol. The van der Waals surface area contributed by atoms with Crippen LogP contribution in [-0.2, 0) is 11.3 Å². The Morgan fingerprint density at radius 2 is 2.12 bits per heavy atom. The van der Waals surface area contributed by atoms with Gasteiger partial charge in [0.15, 0.2) is 0 Å². The molecule has 0 bridgehead atoms. The van der Waals surface area contributed by atoms with Crippen LogP contribution >= 0.6 is 11.6 Å². The lowest BCUT2D eigenvalue weighted by molar-refractivity contribution is 0.0462. The van der Waals surface area contributed by atoms with Crippen LogP contribution in [0.4, 0.5) is 4.39 Å². The van der Waals surface area contributed by atoms with Crippen molar-refractivity contribution in [1.29, 1.82) is 0 Å². The fraction of sp³-hybridized carbons (Fsp3) is 0.118. The minimum atomic E-state index is -0.851. The van der Waals surface area contributed by atoms with Crippen LogP contribution in [0.2, 0.25) is 5.02 Å². The summed E-state index contributed by atoms with van der Waals surface area (Å²) < 4.78 is 20.1. The van der Waals surface area contributed by atoms with Gasteiger partial charge < -0.3 is 4.74 Å². The molecule has 3 rings (SSSR count). The Bertz CT molecular complexity index is 1000. The van der Waals surface area contributed by atoms with Gasteiger partial charge in [-0.05, 0) is 36.8 Å². The zero-order valence-corrected chi connectivity index (χ0v) is 13.4. The molecule has 0 aliphatic heterocycles. The second kappa shape index (κ2) is 6.41. The molecule has 0 aliphatic rings. The maximum Gasteiger partial charge on any atom is 0.341 e. The summed E-state index contributed by atoms with van der Waals surface area (Å²) in [5.41, 5.74) is 1.07. The quantitative estimate of drug-likeness (QED) is 0.683. The van der Waals surface area contributed by atoms with Crippen molar-refractivity contribution in [3.8, 4) is 0 Å². The number of hydrogen-bond acceptors (Lipinski definition) is 4. The number of ether oxygens (including phenoxy) is 1. The number of halogens is 2. The molecule has 5 nitrogen and oxygen atoms in total. The van der Waals surface area contributed by atoms with E-state index in [0.29, 0.717) is 5.65 Å². The van der Waals surface area contributed by atoms with E-state index in [-0.39, 0.29) is 28.4 Å². The molecule has 0 saturated carbocycles.